The summed E-state index contributed by atoms with van der Waals surface area (Å²) < 4.78 is 34.1. The molecule has 0 bridgehead atoms. The van der Waals surface area contributed by atoms with Gasteiger partial charge in [0.25, 0.3) is 7.82 Å². The van der Waals surface area contributed by atoms with Crippen molar-refractivity contribution in [3.63, 3.8) is 0 Å². The molecule has 0 saturated heterocycles. The van der Waals surface area contributed by atoms with Crippen LogP contribution >= 0.6 is 7.82 Å². The molecule has 0 amide bonds. The molecule has 0 N–H and O–H groups in total. The lowest BCUT2D eigenvalue weighted by Crippen LogP contribution is -2.37. The van der Waals surface area contributed by atoms with E-state index < -0.39 is 32.5 Å². The number of carbonyl (C=O) groups is 2. The van der Waals surface area contributed by atoms with E-state index in [9.17, 15) is 19.0 Å². The van der Waals surface area contributed by atoms with Gasteiger partial charge >= 0.3 is 11.9 Å². The number of rotatable bonds is 48. The number of ether oxygens (including phenoxy) is 2. The van der Waals surface area contributed by atoms with Gasteiger partial charge in [0.2, 0.25) is 0 Å². The van der Waals surface area contributed by atoms with Gasteiger partial charge in [0, 0.05) is 12.8 Å². The third kappa shape index (κ3) is 50.9. The molecule has 0 aliphatic rings. The molecular formula is C56H100NO8P. The lowest BCUT2D eigenvalue weighted by Gasteiger charge is -2.28. The van der Waals surface area contributed by atoms with Crippen LogP contribution in [0.4, 0.5) is 0 Å². The molecular weight excluding hydrogens is 846 g/mol. The Morgan fingerprint density at radius 3 is 1.30 bits per heavy atom. The molecule has 9 nitrogen and oxygen atoms in total. The monoisotopic (exact) mass is 946 g/mol. The number of esters is 2. The Balaban J connectivity index is 4.20. The van der Waals surface area contributed by atoms with Crippen LogP contribution in [0.1, 0.15) is 219 Å². The van der Waals surface area contributed by atoms with E-state index in [1.165, 1.54) is 89.9 Å². The Morgan fingerprint density at radius 2 is 0.864 bits per heavy atom. The standard InChI is InChI=1S/C56H100NO8P/c1-6-8-10-12-14-16-18-20-22-23-24-25-26-27-28-29-30-31-32-33-35-37-39-41-43-45-47-49-56(59)65-54(53-64-66(60,61)63-51-50-57(3,4)5)52-62-55(58)48-46-44-42-40-38-36-34-21-19-17-15-13-11-9-7-2/h8,10,14,16,20-22,24-25,27-28,34,54H,6-7,9,11-13,15,17-19,23,26,29-33,35-53H2,1-5H3/b10-8-,16-14-,22-20-,25-24-,28-27-,34-21-. The number of phosphoric acid groups is 1. The third-order valence-electron chi connectivity index (χ3n) is 11.2. The zero-order chi connectivity index (χ0) is 48.5. The average molecular weight is 946 g/mol. The van der Waals surface area contributed by atoms with Crippen LogP contribution in [0, 0.1) is 0 Å². The largest absolute Gasteiger partial charge is 0.756 e. The SMILES string of the molecule is CC/C=C\C/C=C\C/C=C\C/C=C\C/C=C\CCCCCCCCCCCCCC(=O)OC(COC(=O)CCCCCCC/C=C\CCCCCCCC)COP(=O)([O-])OCC[N+](C)(C)C. The first-order chi connectivity index (χ1) is 32.0. The Hall–Kier alpha value is -2.55. The zero-order valence-corrected chi connectivity index (χ0v) is 44.0. The molecule has 0 aromatic heterocycles. The number of hydrogen-bond acceptors (Lipinski definition) is 8. The minimum Gasteiger partial charge on any atom is -0.756 e. The van der Waals surface area contributed by atoms with Crippen LogP contribution in [0.15, 0.2) is 72.9 Å². The number of carbonyl (C=O) groups excluding carboxylic acids is 2. The molecule has 0 heterocycles. The van der Waals surface area contributed by atoms with Crippen molar-refractivity contribution in [1.82, 2.24) is 0 Å². The second-order valence-electron chi connectivity index (χ2n) is 18.9. The predicted octanol–water partition coefficient (Wildman–Crippen LogP) is 15.5. The molecule has 0 aromatic carbocycles. The van der Waals surface area contributed by atoms with Gasteiger partial charge in [-0.2, -0.15) is 0 Å². The molecule has 0 aromatic rings. The number of hydrogen-bond donors (Lipinski definition) is 0. The maximum atomic E-state index is 12.8. The number of allylic oxidation sites excluding steroid dienone is 12. The van der Waals surface area contributed by atoms with Crippen LogP contribution in [-0.2, 0) is 32.7 Å². The highest BCUT2D eigenvalue weighted by Gasteiger charge is 2.21. The van der Waals surface area contributed by atoms with E-state index >= 15 is 0 Å². The number of phosphoric ester groups is 1. The number of nitrogens with zero attached hydrogens (tertiary/aromatic N) is 1. The molecule has 0 aliphatic carbocycles. The number of likely N-dealkylation sites (N-methyl/N-ethyl adjacent to an activating group) is 1. The van der Waals surface area contributed by atoms with Crippen molar-refractivity contribution in [1.29, 1.82) is 0 Å². The Kier molecular flexibility index (Phi) is 45.7. The Labute approximate surface area is 406 Å². The summed E-state index contributed by atoms with van der Waals surface area (Å²) in [6, 6.07) is 0. The number of unbranched alkanes of at least 4 members (excludes halogenated alkanes) is 22. The second-order valence-corrected chi connectivity index (χ2v) is 20.3. The maximum Gasteiger partial charge on any atom is 0.306 e. The smallest absolute Gasteiger partial charge is 0.306 e. The molecule has 66 heavy (non-hydrogen) atoms. The van der Waals surface area contributed by atoms with Crippen molar-refractivity contribution in [3.05, 3.63) is 72.9 Å². The van der Waals surface area contributed by atoms with Gasteiger partial charge in [-0.3, -0.25) is 14.2 Å². The Bertz CT molecular complexity index is 1350. The molecule has 0 saturated carbocycles. The first-order valence-corrected chi connectivity index (χ1v) is 28.1. The molecule has 0 spiro atoms. The molecule has 2 unspecified atom stereocenters. The second kappa shape index (κ2) is 47.5. The Morgan fingerprint density at radius 1 is 0.485 bits per heavy atom. The molecule has 0 rings (SSSR count). The van der Waals surface area contributed by atoms with Crippen molar-refractivity contribution in [2.24, 2.45) is 0 Å². The van der Waals surface area contributed by atoms with E-state index in [0.717, 1.165) is 96.3 Å². The number of quaternary nitrogens is 1. The van der Waals surface area contributed by atoms with Gasteiger partial charge in [-0.15, -0.1) is 0 Å². The first-order valence-electron chi connectivity index (χ1n) is 26.6. The van der Waals surface area contributed by atoms with E-state index in [-0.39, 0.29) is 26.1 Å². The van der Waals surface area contributed by atoms with E-state index in [4.69, 9.17) is 18.5 Å². The van der Waals surface area contributed by atoms with Crippen LogP contribution in [-0.4, -0.2) is 70.0 Å². The summed E-state index contributed by atoms with van der Waals surface area (Å²) >= 11 is 0. The average Bonchev–Trinajstić information content (AvgIpc) is 3.27. The summed E-state index contributed by atoms with van der Waals surface area (Å²) in [6.45, 7) is 4.11. The highest BCUT2D eigenvalue weighted by atomic mass is 31.2. The van der Waals surface area contributed by atoms with Gasteiger partial charge in [-0.05, 0) is 83.5 Å². The lowest BCUT2D eigenvalue weighted by molar-refractivity contribution is -0.870. The minimum atomic E-state index is -4.64. The van der Waals surface area contributed by atoms with Gasteiger partial charge in [0.15, 0.2) is 6.10 Å². The summed E-state index contributed by atoms with van der Waals surface area (Å²) in [4.78, 5) is 37.7. The summed E-state index contributed by atoms with van der Waals surface area (Å²) in [5.74, 6) is -0.847. The molecule has 0 radical (unpaired) electrons. The molecule has 0 aliphatic heterocycles. The van der Waals surface area contributed by atoms with Crippen molar-refractivity contribution in [3.8, 4) is 0 Å². The lowest BCUT2D eigenvalue weighted by atomic mass is 10.0. The molecule has 382 valence electrons. The summed E-state index contributed by atoms with van der Waals surface area (Å²) in [5.41, 5.74) is 0. The quantitative estimate of drug-likeness (QED) is 0.0195. The molecule has 0 fully saturated rings. The predicted molar refractivity (Wildman–Crippen MR) is 277 cm³/mol. The van der Waals surface area contributed by atoms with E-state index in [0.29, 0.717) is 17.4 Å². The van der Waals surface area contributed by atoms with Crippen LogP contribution < -0.4 is 4.89 Å². The highest BCUT2D eigenvalue weighted by molar-refractivity contribution is 7.45. The van der Waals surface area contributed by atoms with E-state index in [1.807, 2.05) is 21.1 Å². The molecule has 10 heteroatoms. The van der Waals surface area contributed by atoms with Crippen LogP contribution in [0.3, 0.4) is 0 Å². The summed E-state index contributed by atoms with van der Waals surface area (Å²) in [6.07, 6.45) is 60.8. The fourth-order valence-electron chi connectivity index (χ4n) is 7.09. The first kappa shape index (κ1) is 63.5. The summed E-state index contributed by atoms with van der Waals surface area (Å²) in [7, 11) is 1.15. The van der Waals surface area contributed by atoms with Crippen molar-refractivity contribution in [2.45, 2.75) is 225 Å². The zero-order valence-electron chi connectivity index (χ0n) is 43.1. The van der Waals surface area contributed by atoms with Crippen LogP contribution in [0.5, 0.6) is 0 Å². The highest BCUT2D eigenvalue weighted by Crippen LogP contribution is 2.38. The van der Waals surface area contributed by atoms with Gasteiger partial charge in [-0.25, -0.2) is 0 Å². The van der Waals surface area contributed by atoms with Gasteiger partial charge < -0.3 is 27.9 Å². The van der Waals surface area contributed by atoms with Gasteiger partial charge in [0.05, 0.1) is 27.7 Å². The maximum absolute atomic E-state index is 12.8. The van der Waals surface area contributed by atoms with Gasteiger partial charge in [-0.1, -0.05) is 196 Å². The minimum absolute atomic E-state index is 0.0351. The van der Waals surface area contributed by atoms with E-state index in [2.05, 4.69) is 86.8 Å². The van der Waals surface area contributed by atoms with Crippen LogP contribution in [0.2, 0.25) is 0 Å². The van der Waals surface area contributed by atoms with Crippen molar-refractivity contribution >= 4 is 19.8 Å². The van der Waals surface area contributed by atoms with Gasteiger partial charge in [0.1, 0.15) is 19.8 Å². The van der Waals surface area contributed by atoms with Crippen molar-refractivity contribution < 1.29 is 42.1 Å². The van der Waals surface area contributed by atoms with E-state index in [1.54, 1.807) is 0 Å². The summed E-state index contributed by atoms with van der Waals surface area (Å²) in [5, 5.41) is 0. The fourth-order valence-corrected chi connectivity index (χ4v) is 7.82. The van der Waals surface area contributed by atoms with Crippen LogP contribution in [0.25, 0.3) is 0 Å². The fraction of sp³-hybridized carbons (Fsp3) is 0.750. The topological polar surface area (TPSA) is 111 Å². The third-order valence-corrected chi connectivity index (χ3v) is 12.2. The normalized spacial score (nSPS) is 14.0. The van der Waals surface area contributed by atoms with Crippen molar-refractivity contribution in [2.75, 3.05) is 47.5 Å². The molecule has 2 atom stereocenters.